The summed E-state index contributed by atoms with van der Waals surface area (Å²) in [5.41, 5.74) is 1.54. The van der Waals surface area contributed by atoms with E-state index in [4.69, 9.17) is 11.6 Å². The van der Waals surface area contributed by atoms with Crippen LogP contribution in [0.2, 0.25) is 5.02 Å². The number of pyridine rings is 1. The SMILES string of the molecule is Cc1cc(Cl)ccc1NC(=O)CC(=O)N1CCN(c2ccccn2)CC1. The van der Waals surface area contributed by atoms with Crippen LogP contribution in [0.1, 0.15) is 12.0 Å². The lowest BCUT2D eigenvalue weighted by Crippen LogP contribution is -2.49. The molecule has 0 aliphatic carbocycles. The molecule has 26 heavy (non-hydrogen) atoms. The topological polar surface area (TPSA) is 65.5 Å². The number of amides is 2. The van der Waals surface area contributed by atoms with E-state index >= 15 is 0 Å². The Hall–Kier alpha value is -2.60. The molecule has 1 aliphatic rings. The van der Waals surface area contributed by atoms with Gasteiger partial charge >= 0.3 is 0 Å². The molecule has 2 amide bonds. The van der Waals surface area contributed by atoms with E-state index in [-0.39, 0.29) is 18.2 Å². The van der Waals surface area contributed by atoms with Crippen LogP contribution in [-0.4, -0.2) is 47.9 Å². The molecule has 2 heterocycles. The molecule has 0 spiro atoms. The second-order valence-electron chi connectivity index (χ2n) is 6.24. The average Bonchev–Trinajstić information content (AvgIpc) is 2.65. The van der Waals surface area contributed by atoms with E-state index in [1.165, 1.54) is 0 Å². The van der Waals surface area contributed by atoms with Crippen LogP contribution in [0.4, 0.5) is 11.5 Å². The first-order valence-electron chi connectivity index (χ1n) is 8.52. The first-order chi connectivity index (χ1) is 12.5. The average molecular weight is 373 g/mol. The number of carbonyl (C=O) groups is 2. The molecule has 0 saturated carbocycles. The number of nitrogens with zero attached hydrogens (tertiary/aromatic N) is 3. The molecule has 6 nitrogen and oxygen atoms in total. The summed E-state index contributed by atoms with van der Waals surface area (Å²) in [5, 5.41) is 3.39. The number of hydrogen-bond acceptors (Lipinski definition) is 4. The number of hydrogen-bond donors (Lipinski definition) is 1. The molecular weight excluding hydrogens is 352 g/mol. The number of nitrogens with one attached hydrogen (secondary N) is 1. The number of anilines is 2. The van der Waals surface area contributed by atoms with E-state index in [9.17, 15) is 9.59 Å². The van der Waals surface area contributed by atoms with Crippen LogP contribution in [0.25, 0.3) is 0 Å². The molecule has 0 radical (unpaired) electrons. The van der Waals surface area contributed by atoms with Gasteiger partial charge in [-0.25, -0.2) is 4.98 Å². The summed E-state index contributed by atoms with van der Waals surface area (Å²) in [7, 11) is 0. The number of aryl methyl sites for hydroxylation is 1. The van der Waals surface area contributed by atoms with Gasteiger partial charge in [0.05, 0.1) is 0 Å². The normalized spacial score (nSPS) is 14.2. The molecule has 3 rings (SSSR count). The molecule has 0 atom stereocenters. The van der Waals surface area contributed by atoms with Crippen molar-refractivity contribution >= 4 is 34.9 Å². The minimum Gasteiger partial charge on any atom is -0.353 e. The van der Waals surface area contributed by atoms with Crippen molar-refractivity contribution in [1.29, 1.82) is 0 Å². The Morgan fingerprint density at radius 1 is 1.15 bits per heavy atom. The first-order valence-corrected chi connectivity index (χ1v) is 8.90. The molecule has 1 N–H and O–H groups in total. The summed E-state index contributed by atoms with van der Waals surface area (Å²) in [6, 6.07) is 11.0. The third-order valence-corrected chi connectivity index (χ3v) is 4.62. The van der Waals surface area contributed by atoms with E-state index in [0.717, 1.165) is 11.4 Å². The van der Waals surface area contributed by atoms with Crippen molar-refractivity contribution in [3.63, 3.8) is 0 Å². The molecule has 1 saturated heterocycles. The highest BCUT2D eigenvalue weighted by atomic mass is 35.5. The van der Waals surface area contributed by atoms with Crippen LogP contribution in [0.5, 0.6) is 0 Å². The Kier molecular flexibility index (Phi) is 5.73. The Bertz CT molecular complexity index is 789. The van der Waals surface area contributed by atoms with Gasteiger partial charge in [-0.1, -0.05) is 17.7 Å². The molecule has 0 bridgehead atoms. The molecule has 0 unspecified atom stereocenters. The third-order valence-electron chi connectivity index (χ3n) is 4.38. The van der Waals surface area contributed by atoms with Crippen molar-refractivity contribution in [3.05, 3.63) is 53.2 Å². The van der Waals surface area contributed by atoms with Gasteiger partial charge in [0.1, 0.15) is 12.2 Å². The molecule has 1 aromatic heterocycles. The van der Waals surface area contributed by atoms with Crippen LogP contribution in [0.15, 0.2) is 42.6 Å². The van der Waals surface area contributed by atoms with E-state index in [0.29, 0.717) is 36.9 Å². The zero-order valence-corrected chi connectivity index (χ0v) is 15.4. The van der Waals surface area contributed by atoms with Crippen LogP contribution in [-0.2, 0) is 9.59 Å². The number of halogens is 1. The van der Waals surface area contributed by atoms with Gasteiger partial charge in [0.25, 0.3) is 0 Å². The van der Waals surface area contributed by atoms with Gasteiger partial charge in [-0.15, -0.1) is 0 Å². The number of aromatic nitrogens is 1. The Morgan fingerprint density at radius 2 is 1.92 bits per heavy atom. The second kappa shape index (κ2) is 8.19. The number of piperazine rings is 1. The maximum atomic E-state index is 12.4. The number of carbonyl (C=O) groups excluding carboxylic acids is 2. The van der Waals surface area contributed by atoms with Gasteiger partial charge in [-0.2, -0.15) is 0 Å². The Balaban J connectivity index is 1.50. The first kappa shape index (κ1) is 18.2. The van der Waals surface area contributed by atoms with Crippen molar-refractivity contribution in [2.75, 3.05) is 36.4 Å². The fourth-order valence-electron chi connectivity index (χ4n) is 2.94. The molecule has 136 valence electrons. The molecule has 7 heteroatoms. The zero-order chi connectivity index (χ0) is 18.5. The van der Waals surface area contributed by atoms with Crippen molar-refractivity contribution in [2.45, 2.75) is 13.3 Å². The third kappa shape index (κ3) is 4.52. The zero-order valence-electron chi connectivity index (χ0n) is 14.6. The smallest absolute Gasteiger partial charge is 0.233 e. The van der Waals surface area contributed by atoms with Crippen LogP contribution in [0.3, 0.4) is 0 Å². The highest BCUT2D eigenvalue weighted by Gasteiger charge is 2.23. The van der Waals surface area contributed by atoms with Crippen molar-refractivity contribution in [2.24, 2.45) is 0 Å². The van der Waals surface area contributed by atoms with Gasteiger partial charge in [0.2, 0.25) is 11.8 Å². The van der Waals surface area contributed by atoms with Gasteiger partial charge in [-0.3, -0.25) is 9.59 Å². The minimum atomic E-state index is -0.312. The van der Waals surface area contributed by atoms with Crippen LogP contribution < -0.4 is 10.2 Å². The molecule has 1 fully saturated rings. The highest BCUT2D eigenvalue weighted by Crippen LogP contribution is 2.20. The van der Waals surface area contributed by atoms with Gasteiger partial charge in [-0.05, 0) is 42.8 Å². The molecule has 1 aliphatic heterocycles. The van der Waals surface area contributed by atoms with Gasteiger partial charge in [0.15, 0.2) is 0 Å². The van der Waals surface area contributed by atoms with Gasteiger partial charge in [0, 0.05) is 43.1 Å². The Morgan fingerprint density at radius 3 is 2.58 bits per heavy atom. The maximum Gasteiger partial charge on any atom is 0.233 e. The Labute approximate surface area is 157 Å². The molecule has 2 aromatic rings. The minimum absolute atomic E-state index is 0.158. The second-order valence-corrected chi connectivity index (χ2v) is 6.68. The van der Waals surface area contributed by atoms with E-state index in [1.807, 2.05) is 25.1 Å². The summed E-state index contributed by atoms with van der Waals surface area (Å²) in [6.07, 6.45) is 1.60. The highest BCUT2D eigenvalue weighted by molar-refractivity contribution is 6.30. The van der Waals surface area contributed by atoms with Crippen LogP contribution >= 0.6 is 11.6 Å². The summed E-state index contributed by atoms with van der Waals surface area (Å²) in [6.45, 7) is 4.45. The van der Waals surface area contributed by atoms with E-state index in [2.05, 4.69) is 15.2 Å². The summed E-state index contributed by atoms with van der Waals surface area (Å²) >= 11 is 5.91. The largest absolute Gasteiger partial charge is 0.353 e. The summed E-state index contributed by atoms with van der Waals surface area (Å²) < 4.78 is 0. The predicted molar refractivity (Wildman–Crippen MR) is 102 cm³/mol. The maximum absolute atomic E-state index is 12.4. The standard InChI is InChI=1S/C19H21ClN4O2/c1-14-12-15(20)5-6-16(14)22-18(25)13-19(26)24-10-8-23(9-11-24)17-4-2-3-7-21-17/h2-7,12H,8-11,13H2,1H3,(H,22,25). The summed E-state index contributed by atoms with van der Waals surface area (Å²) in [5.74, 6) is 0.443. The van der Waals surface area contributed by atoms with E-state index < -0.39 is 0 Å². The quantitative estimate of drug-likeness (QED) is 0.838. The summed E-state index contributed by atoms with van der Waals surface area (Å²) in [4.78, 5) is 32.8. The van der Waals surface area contributed by atoms with Gasteiger partial charge < -0.3 is 15.1 Å². The molecule has 1 aromatic carbocycles. The fourth-order valence-corrected chi connectivity index (χ4v) is 3.16. The van der Waals surface area contributed by atoms with Crippen LogP contribution in [0, 0.1) is 6.92 Å². The molecular formula is C19H21ClN4O2. The monoisotopic (exact) mass is 372 g/mol. The number of benzene rings is 1. The fraction of sp³-hybridized carbons (Fsp3) is 0.316. The lowest BCUT2D eigenvalue weighted by Gasteiger charge is -2.35. The van der Waals surface area contributed by atoms with Crippen molar-refractivity contribution < 1.29 is 9.59 Å². The predicted octanol–water partition coefficient (Wildman–Crippen LogP) is 2.72. The number of rotatable bonds is 4. The van der Waals surface area contributed by atoms with Crippen molar-refractivity contribution in [1.82, 2.24) is 9.88 Å². The lowest BCUT2D eigenvalue weighted by molar-refractivity contribution is -0.134. The van der Waals surface area contributed by atoms with Crippen molar-refractivity contribution in [3.8, 4) is 0 Å². The van der Waals surface area contributed by atoms with E-state index in [1.54, 1.807) is 29.3 Å². The lowest BCUT2D eigenvalue weighted by atomic mass is 10.2.